The molecule has 0 saturated carbocycles. The molecular formula is C32H21ClS. The van der Waals surface area contributed by atoms with Gasteiger partial charge in [-0.05, 0) is 64.1 Å². The largest absolute Gasteiger partial charge is 0.134 e. The Balaban J connectivity index is 1.54. The Kier molecular flexibility index (Phi) is 4.30. The highest BCUT2D eigenvalue weighted by molar-refractivity contribution is 7.26. The maximum atomic E-state index is 6.53. The van der Waals surface area contributed by atoms with Crippen LogP contribution in [-0.4, -0.2) is 0 Å². The Bertz CT molecular complexity index is 1730. The second-order valence-electron chi connectivity index (χ2n) is 9.19. The van der Waals surface area contributed by atoms with Gasteiger partial charge in [-0.15, -0.1) is 11.3 Å². The zero-order valence-corrected chi connectivity index (χ0v) is 20.3. The summed E-state index contributed by atoms with van der Waals surface area (Å²) in [5.74, 6) is 0. The van der Waals surface area contributed by atoms with Gasteiger partial charge >= 0.3 is 0 Å². The third kappa shape index (κ3) is 2.66. The summed E-state index contributed by atoms with van der Waals surface area (Å²) < 4.78 is 2.43. The molecule has 2 heteroatoms. The predicted molar refractivity (Wildman–Crippen MR) is 147 cm³/mol. The molecule has 1 unspecified atom stereocenters. The van der Waals surface area contributed by atoms with Crippen LogP contribution in [0.1, 0.15) is 23.6 Å². The molecule has 0 spiro atoms. The molecule has 0 nitrogen and oxygen atoms in total. The molecule has 6 aromatic rings. The minimum absolute atomic E-state index is 0.223. The van der Waals surface area contributed by atoms with Gasteiger partial charge in [-0.3, -0.25) is 0 Å². The van der Waals surface area contributed by atoms with Crippen LogP contribution in [0.3, 0.4) is 0 Å². The normalized spacial score (nSPS) is 16.6. The van der Waals surface area contributed by atoms with Crippen molar-refractivity contribution in [2.75, 3.05) is 0 Å². The van der Waals surface area contributed by atoms with E-state index in [1.54, 1.807) is 11.3 Å². The number of halogens is 1. The summed E-state index contributed by atoms with van der Waals surface area (Å²) in [7, 11) is 0. The molecule has 162 valence electrons. The van der Waals surface area contributed by atoms with Gasteiger partial charge in [0.05, 0.1) is 9.72 Å². The first-order valence-electron chi connectivity index (χ1n) is 11.6. The lowest BCUT2D eigenvalue weighted by Gasteiger charge is -2.30. The van der Waals surface area contributed by atoms with Crippen LogP contribution in [0.15, 0.2) is 109 Å². The first-order chi connectivity index (χ1) is 16.7. The molecule has 34 heavy (non-hydrogen) atoms. The van der Waals surface area contributed by atoms with Gasteiger partial charge in [0.1, 0.15) is 0 Å². The fourth-order valence-corrected chi connectivity index (χ4v) is 7.23. The van der Waals surface area contributed by atoms with Crippen LogP contribution in [0.5, 0.6) is 0 Å². The van der Waals surface area contributed by atoms with E-state index < -0.39 is 0 Å². The number of fused-ring (bicyclic) bond motifs is 6. The molecule has 0 saturated heterocycles. The minimum atomic E-state index is -0.223. The van der Waals surface area contributed by atoms with Crippen LogP contribution >= 0.6 is 22.9 Å². The second-order valence-corrected chi connectivity index (χ2v) is 10.7. The number of hydrogen-bond donors (Lipinski definition) is 0. The molecule has 1 atom stereocenters. The molecule has 0 fully saturated rings. The maximum Gasteiger partial charge on any atom is 0.0584 e. The molecule has 0 amide bonds. The highest BCUT2D eigenvalue weighted by atomic mass is 35.5. The van der Waals surface area contributed by atoms with Gasteiger partial charge in [0.15, 0.2) is 0 Å². The average molecular weight is 473 g/mol. The van der Waals surface area contributed by atoms with Crippen molar-refractivity contribution in [3.8, 4) is 22.3 Å². The lowest BCUT2D eigenvalue weighted by Crippen LogP contribution is -2.23. The molecule has 1 heterocycles. The Labute approximate surface area is 208 Å². The van der Waals surface area contributed by atoms with Crippen LogP contribution in [0, 0.1) is 0 Å². The van der Waals surface area contributed by atoms with E-state index in [0.717, 1.165) is 9.72 Å². The van der Waals surface area contributed by atoms with Crippen molar-refractivity contribution in [1.29, 1.82) is 0 Å². The molecule has 1 aliphatic carbocycles. The second kappa shape index (κ2) is 7.30. The monoisotopic (exact) mass is 472 g/mol. The third-order valence-electron chi connectivity index (χ3n) is 7.43. The summed E-state index contributed by atoms with van der Waals surface area (Å²) in [6.07, 6.45) is 0. The highest BCUT2D eigenvalue weighted by Crippen LogP contribution is 2.55. The third-order valence-corrected chi connectivity index (χ3v) is 9.08. The molecule has 7 rings (SSSR count). The molecule has 1 aliphatic rings. The van der Waals surface area contributed by atoms with Gasteiger partial charge in [-0.1, -0.05) is 103 Å². The summed E-state index contributed by atoms with van der Waals surface area (Å²) in [6.45, 7) is 2.38. The van der Waals surface area contributed by atoms with Crippen molar-refractivity contribution in [2.45, 2.75) is 12.3 Å². The Morgan fingerprint density at radius 1 is 0.647 bits per heavy atom. The number of benzene rings is 5. The lowest BCUT2D eigenvalue weighted by atomic mass is 9.72. The first kappa shape index (κ1) is 20.0. The molecule has 0 bridgehead atoms. The molecule has 0 radical (unpaired) electrons. The smallest absolute Gasteiger partial charge is 0.0584 e. The SMILES string of the molecule is CC1(c2ccccc2)c2ccccc2-c2cccc(-c3ccc4sc5c(Cl)cccc5c4c3)c21. The van der Waals surface area contributed by atoms with Crippen LogP contribution in [-0.2, 0) is 5.41 Å². The molecule has 5 aromatic carbocycles. The first-order valence-corrected chi connectivity index (χ1v) is 12.8. The van der Waals surface area contributed by atoms with Crippen molar-refractivity contribution in [2.24, 2.45) is 0 Å². The maximum absolute atomic E-state index is 6.53. The average Bonchev–Trinajstić information content (AvgIpc) is 3.40. The van der Waals surface area contributed by atoms with Crippen LogP contribution in [0.25, 0.3) is 42.4 Å². The molecular weight excluding hydrogens is 452 g/mol. The Hall–Kier alpha value is -3.39. The van der Waals surface area contributed by atoms with Crippen molar-refractivity contribution in [3.05, 3.63) is 131 Å². The van der Waals surface area contributed by atoms with E-state index in [4.69, 9.17) is 11.6 Å². The standard InChI is InChI=1S/C32H21ClS/c1-32(21-9-3-2-4-10-21)27-15-6-5-11-23(27)24-13-7-12-22(30(24)32)20-17-18-29-26(19-20)25-14-8-16-28(33)31(25)34-29/h2-19H,1H3. The fraction of sp³-hybridized carbons (Fsp3) is 0.0625. The summed E-state index contributed by atoms with van der Waals surface area (Å²) in [5.41, 5.74) is 9.07. The van der Waals surface area contributed by atoms with Crippen molar-refractivity contribution >= 4 is 43.1 Å². The summed E-state index contributed by atoms with van der Waals surface area (Å²) in [4.78, 5) is 0. The summed E-state index contributed by atoms with van der Waals surface area (Å²) >= 11 is 8.30. The lowest BCUT2D eigenvalue weighted by molar-refractivity contribution is 0.716. The summed E-state index contributed by atoms with van der Waals surface area (Å²) in [6, 6.07) is 39.7. The van der Waals surface area contributed by atoms with E-state index in [1.165, 1.54) is 54.4 Å². The number of rotatable bonds is 2. The van der Waals surface area contributed by atoms with Crippen LogP contribution < -0.4 is 0 Å². The van der Waals surface area contributed by atoms with Crippen molar-refractivity contribution < 1.29 is 0 Å². The van der Waals surface area contributed by atoms with E-state index in [2.05, 4.69) is 104 Å². The Morgan fingerprint density at radius 2 is 1.38 bits per heavy atom. The van der Waals surface area contributed by atoms with E-state index in [0.29, 0.717) is 0 Å². The van der Waals surface area contributed by atoms with Gasteiger partial charge in [0.2, 0.25) is 0 Å². The van der Waals surface area contributed by atoms with Crippen LogP contribution in [0.4, 0.5) is 0 Å². The van der Waals surface area contributed by atoms with Gasteiger partial charge in [-0.25, -0.2) is 0 Å². The quantitative estimate of drug-likeness (QED) is 0.235. The van der Waals surface area contributed by atoms with E-state index in [9.17, 15) is 0 Å². The van der Waals surface area contributed by atoms with Gasteiger partial charge in [0, 0.05) is 20.9 Å². The number of thiophene rings is 1. The molecule has 0 N–H and O–H groups in total. The van der Waals surface area contributed by atoms with Gasteiger partial charge in [-0.2, -0.15) is 0 Å². The zero-order valence-electron chi connectivity index (χ0n) is 18.7. The molecule has 0 aliphatic heterocycles. The minimum Gasteiger partial charge on any atom is -0.134 e. The van der Waals surface area contributed by atoms with E-state index >= 15 is 0 Å². The number of hydrogen-bond acceptors (Lipinski definition) is 1. The van der Waals surface area contributed by atoms with Crippen LogP contribution in [0.2, 0.25) is 5.02 Å². The molecule has 1 aromatic heterocycles. The Morgan fingerprint density at radius 3 is 2.26 bits per heavy atom. The summed E-state index contributed by atoms with van der Waals surface area (Å²) in [5, 5.41) is 3.33. The topological polar surface area (TPSA) is 0 Å². The van der Waals surface area contributed by atoms with Gasteiger partial charge in [0.25, 0.3) is 0 Å². The van der Waals surface area contributed by atoms with E-state index in [1.807, 2.05) is 12.1 Å². The fourth-order valence-electron chi connectivity index (χ4n) is 5.85. The van der Waals surface area contributed by atoms with Crippen molar-refractivity contribution in [1.82, 2.24) is 0 Å². The van der Waals surface area contributed by atoms with Crippen molar-refractivity contribution in [3.63, 3.8) is 0 Å². The highest BCUT2D eigenvalue weighted by Gasteiger charge is 2.42. The van der Waals surface area contributed by atoms with Gasteiger partial charge < -0.3 is 0 Å². The zero-order chi connectivity index (χ0) is 22.9. The van der Waals surface area contributed by atoms with E-state index in [-0.39, 0.29) is 5.41 Å². The predicted octanol–water partition coefficient (Wildman–Crippen LogP) is 9.71.